The van der Waals surface area contributed by atoms with E-state index in [0.717, 1.165) is 5.56 Å². The monoisotopic (exact) mass is 323 g/mol. The summed E-state index contributed by atoms with van der Waals surface area (Å²) in [5.41, 5.74) is 1.24. The molecule has 2 aromatic rings. The molecule has 0 N–H and O–H groups in total. The molecule has 1 aromatic carbocycles. The van der Waals surface area contributed by atoms with Crippen molar-refractivity contribution in [1.82, 2.24) is 4.57 Å². The molecule has 0 aliphatic rings. The van der Waals surface area contributed by atoms with Crippen LogP contribution >= 0.6 is 22.9 Å². The van der Waals surface area contributed by atoms with Crippen molar-refractivity contribution in [2.75, 3.05) is 6.61 Å². The first-order chi connectivity index (χ1) is 10.1. The zero-order chi connectivity index (χ0) is 15.2. The topological polar surface area (TPSA) is 55.9 Å². The number of thiazole rings is 1. The molecule has 0 radical (unpaired) electrons. The molecular formula is C14H14ClN3O2S. The molecule has 0 spiro atoms. The van der Waals surface area contributed by atoms with Crippen molar-refractivity contribution in [1.29, 1.82) is 0 Å². The first-order valence-electron chi connectivity index (χ1n) is 6.26. The fourth-order valence-electron chi connectivity index (χ4n) is 1.57. The molecule has 0 bridgehead atoms. The van der Waals surface area contributed by atoms with Crippen LogP contribution in [0.1, 0.15) is 23.0 Å². The van der Waals surface area contributed by atoms with Crippen LogP contribution in [0.4, 0.5) is 0 Å². The molecule has 110 valence electrons. The molecule has 0 saturated carbocycles. The molecule has 2 rings (SSSR count). The maximum absolute atomic E-state index is 11.7. The second-order valence-corrected chi connectivity index (χ2v) is 5.29. The molecule has 21 heavy (non-hydrogen) atoms. The van der Waals surface area contributed by atoms with Crippen molar-refractivity contribution in [2.45, 2.75) is 6.92 Å². The number of halogens is 1. The van der Waals surface area contributed by atoms with Gasteiger partial charge in [-0.15, -0.1) is 16.4 Å². The van der Waals surface area contributed by atoms with Crippen molar-refractivity contribution in [3.8, 4) is 0 Å². The Bertz CT molecular complexity index is 734. The zero-order valence-corrected chi connectivity index (χ0v) is 13.2. The third-order valence-corrected chi connectivity index (χ3v) is 3.91. The van der Waals surface area contributed by atoms with E-state index in [1.807, 2.05) is 18.2 Å². The van der Waals surface area contributed by atoms with Gasteiger partial charge in [0.05, 0.1) is 12.8 Å². The quantitative estimate of drug-likeness (QED) is 0.493. The molecule has 0 fully saturated rings. The molecule has 7 heteroatoms. The summed E-state index contributed by atoms with van der Waals surface area (Å²) >= 11 is 7.34. The number of carbonyl (C=O) groups excluding carboxylic acids is 1. The van der Waals surface area contributed by atoms with E-state index in [2.05, 4.69) is 10.2 Å². The highest BCUT2D eigenvalue weighted by molar-refractivity contribution is 7.07. The third-order valence-electron chi connectivity index (χ3n) is 2.65. The molecule has 0 unspecified atom stereocenters. The number of nitrogens with zero attached hydrogens (tertiary/aromatic N) is 3. The summed E-state index contributed by atoms with van der Waals surface area (Å²) in [6.45, 7) is 2.11. The van der Waals surface area contributed by atoms with E-state index in [1.165, 1.54) is 11.3 Å². The lowest BCUT2D eigenvalue weighted by atomic mass is 10.2. The standard InChI is InChI=1S/C14H14ClN3O2S/c1-3-20-13(19)12-9-21-14(18(12)2)17-16-8-10-6-4-5-7-11(10)15/h4-9H,3H2,1-2H3/b16-8+,17-14+. The van der Waals surface area contributed by atoms with Gasteiger partial charge in [0.1, 0.15) is 5.69 Å². The lowest BCUT2D eigenvalue weighted by molar-refractivity contribution is 0.0515. The van der Waals surface area contributed by atoms with Crippen LogP contribution in [0, 0.1) is 0 Å². The minimum Gasteiger partial charge on any atom is -0.461 e. The number of rotatable bonds is 4. The average molecular weight is 324 g/mol. The van der Waals surface area contributed by atoms with Crippen molar-refractivity contribution < 1.29 is 9.53 Å². The van der Waals surface area contributed by atoms with Gasteiger partial charge in [0.25, 0.3) is 0 Å². The summed E-state index contributed by atoms with van der Waals surface area (Å²) in [6, 6.07) is 7.35. The van der Waals surface area contributed by atoms with Crippen LogP contribution < -0.4 is 4.80 Å². The van der Waals surface area contributed by atoms with Gasteiger partial charge in [-0.3, -0.25) is 0 Å². The Balaban J connectivity index is 2.23. The van der Waals surface area contributed by atoms with Crippen LogP contribution in [0.3, 0.4) is 0 Å². The third kappa shape index (κ3) is 3.80. The largest absolute Gasteiger partial charge is 0.461 e. The van der Waals surface area contributed by atoms with E-state index < -0.39 is 0 Å². The van der Waals surface area contributed by atoms with Crippen LogP contribution in [-0.4, -0.2) is 23.4 Å². The fourth-order valence-corrected chi connectivity index (χ4v) is 2.58. The number of hydrogen-bond acceptors (Lipinski definition) is 5. The van der Waals surface area contributed by atoms with Crippen LogP contribution in [0.5, 0.6) is 0 Å². The Morgan fingerprint density at radius 1 is 1.48 bits per heavy atom. The summed E-state index contributed by atoms with van der Waals surface area (Å²) < 4.78 is 6.61. The first kappa shape index (κ1) is 15.5. The highest BCUT2D eigenvalue weighted by atomic mass is 35.5. The predicted octanol–water partition coefficient (Wildman–Crippen LogP) is 2.85. The van der Waals surface area contributed by atoms with E-state index in [4.69, 9.17) is 16.3 Å². The Morgan fingerprint density at radius 3 is 2.95 bits per heavy atom. The van der Waals surface area contributed by atoms with Gasteiger partial charge in [-0.05, 0) is 13.0 Å². The predicted molar refractivity (Wildman–Crippen MR) is 83.9 cm³/mol. The van der Waals surface area contributed by atoms with Crippen molar-refractivity contribution >= 4 is 35.1 Å². The number of hydrogen-bond donors (Lipinski definition) is 0. The zero-order valence-electron chi connectivity index (χ0n) is 11.6. The number of aromatic nitrogens is 1. The van der Waals surface area contributed by atoms with Gasteiger partial charge in [0.2, 0.25) is 4.80 Å². The Labute approximate surface area is 131 Å². The minimum atomic E-state index is -0.368. The highest BCUT2D eigenvalue weighted by Crippen LogP contribution is 2.12. The van der Waals surface area contributed by atoms with Crippen molar-refractivity contribution in [3.05, 3.63) is 50.7 Å². The minimum absolute atomic E-state index is 0.339. The van der Waals surface area contributed by atoms with E-state index >= 15 is 0 Å². The van der Waals surface area contributed by atoms with Gasteiger partial charge in [-0.1, -0.05) is 29.8 Å². The molecule has 0 aliphatic heterocycles. The molecule has 5 nitrogen and oxygen atoms in total. The number of carbonyl (C=O) groups is 1. The molecule has 1 heterocycles. The second-order valence-electron chi connectivity index (χ2n) is 4.05. The molecule has 0 atom stereocenters. The lowest BCUT2D eigenvalue weighted by Gasteiger charge is -2.01. The number of esters is 1. The maximum atomic E-state index is 11.7. The normalized spacial score (nSPS) is 12.0. The van der Waals surface area contributed by atoms with Crippen molar-refractivity contribution in [3.63, 3.8) is 0 Å². The van der Waals surface area contributed by atoms with Gasteiger partial charge >= 0.3 is 5.97 Å². The van der Waals surface area contributed by atoms with Gasteiger partial charge < -0.3 is 9.30 Å². The summed E-state index contributed by atoms with van der Waals surface area (Å²) in [4.78, 5) is 12.3. The smallest absolute Gasteiger partial charge is 0.355 e. The molecule has 0 saturated heterocycles. The SMILES string of the molecule is CCOC(=O)c1cs/c(=N/N=C/c2ccccc2Cl)n1C. The Kier molecular flexibility index (Phi) is 5.30. The van der Waals surface area contributed by atoms with E-state index in [-0.39, 0.29) is 5.97 Å². The second kappa shape index (κ2) is 7.19. The van der Waals surface area contributed by atoms with E-state index in [1.54, 1.807) is 36.2 Å². The molecule has 0 amide bonds. The van der Waals surface area contributed by atoms with Crippen LogP contribution in [-0.2, 0) is 11.8 Å². The number of ether oxygens (including phenoxy) is 1. The summed E-state index contributed by atoms with van der Waals surface area (Å²) in [5.74, 6) is -0.368. The average Bonchev–Trinajstić information content (AvgIpc) is 2.83. The first-order valence-corrected chi connectivity index (χ1v) is 7.52. The van der Waals surface area contributed by atoms with Crippen LogP contribution in [0.2, 0.25) is 5.02 Å². The maximum Gasteiger partial charge on any atom is 0.355 e. The van der Waals surface area contributed by atoms with Gasteiger partial charge in [0.15, 0.2) is 0 Å². The van der Waals surface area contributed by atoms with Crippen LogP contribution in [0.25, 0.3) is 0 Å². The van der Waals surface area contributed by atoms with E-state index in [9.17, 15) is 4.79 Å². The van der Waals surface area contributed by atoms with Gasteiger partial charge in [0, 0.05) is 23.0 Å². The summed E-state index contributed by atoms with van der Waals surface area (Å²) in [6.07, 6.45) is 1.58. The lowest BCUT2D eigenvalue weighted by Crippen LogP contribution is -2.17. The van der Waals surface area contributed by atoms with Crippen molar-refractivity contribution in [2.24, 2.45) is 17.3 Å². The molecule has 1 aromatic heterocycles. The Morgan fingerprint density at radius 2 is 2.24 bits per heavy atom. The molecule has 0 aliphatic carbocycles. The van der Waals surface area contributed by atoms with E-state index in [0.29, 0.717) is 22.1 Å². The highest BCUT2D eigenvalue weighted by Gasteiger charge is 2.11. The Hall–Kier alpha value is -1.92. The summed E-state index contributed by atoms with van der Waals surface area (Å²) in [5, 5.41) is 10.4. The van der Waals surface area contributed by atoms with Crippen LogP contribution in [0.15, 0.2) is 39.8 Å². The van der Waals surface area contributed by atoms with Gasteiger partial charge in [-0.25, -0.2) is 4.79 Å². The van der Waals surface area contributed by atoms with Gasteiger partial charge in [-0.2, -0.15) is 5.10 Å². The summed E-state index contributed by atoms with van der Waals surface area (Å²) in [7, 11) is 1.74. The fraction of sp³-hybridized carbons (Fsp3) is 0.214. The molecular weight excluding hydrogens is 310 g/mol. The number of benzene rings is 1.